The Bertz CT molecular complexity index is 1030. The zero-order valence-corrected chi connectivity index (χ0v) is 12.1. The van der Waals surface area contributed by atoms with Gasteiger partial charge in [0.15, 0.2) is 5.43 Å². The predicted octanol–water partition coefficient (Wildman–Crippen LogP) is 4.47. The van der Waals surface area contributed by atoms with E-state index in [0.717, 1.165) is 27.1 Å². The summed E-state index contributed by atoms with van der Waals surface area (Å²) in [7, 11) is 0. The first kappa shape index (κ1) is 11.7. The van der Waals surface area contributed by atoms with Gasteiger partial charge >= 0.3 is 0 Å². The van der Waals surface area contributed by atoms with Gasteiger partial charge in [-0.25, -0.2) is 0 Å². The molecule has 0 radical (unpaired) electrons. The van der Waals surface area contributed by atoms with Crippen LogP contribution in [0.3, 0.4) is 0 Å². The molecule has 0 N–H and O–H groups in total. The van der Waals surface area contributed by atoms with Crippen molar-refractivity contribution in [2.45, 2.75) is 0 Å². The molecule has 0 spiro atoms. The van der Waals surface area contributed by atoms with Crippen LogP contribution < -0.4 is 5.43 Å². The average molecular weight is 324 g/mol. The van der Waals surface area contributed by atoms with Crippen molar-refractivity contribution in [2.24, 2.45) is 0 Å². The van der Waals surface area contributed by atoms with Gasteiger partial charge in [0.05, 0.1) is 27.1 Å². The van der Waals surface area contributed by atoms with Crippen molar-refractivity contribution < 1.29 is 0 Å². The number of pyridine rings is 1. The average Bonchev–Trinajstić information content (AvgIpc) is 2.48. The molecule has 0 aliphatic heterocycles. The lowest BCUT2D eigenvalue weighted by Gasteiger charge is -2.07. The highest BCUT2D eigenvalue weighted by molar-refractivity contribution is 9.08. The van der Waals surface area contributed by atoms with E-state index in [0.29, 0.717) is 0 Å². The molecule has 0 bridgehead atoms. The summed E-state index contributed by atoms with van der Waals surface area (Å²) < 4.78 is 1.80. The molecule has 0 unspecified atom stereocenters. The Morgan fingerprint density at radius 2 is 1.60 bits per heavy atom. The third kappa shape index (κ3) is 1.60. The second-order valence-electron chi connectivity index (χ2n) is 4.87. The van der Waals surface area contributed by atoms with Gasteiger partial charge in [-0.15, -0.1) is 0 Å². The van der Waals surface area contributed by atoms with Gasteiger partial charge in [0, 0.05) is 12.3 Å². The summed E-state index contributed by atoms with van der Waals surface area (Å²) in [5.41, 5.74) is 0.942. The van der Waals surface area contributed by atoms with Crippen LogP contribution in [0.25, 0.3) is 32.4 Å². The molecule has 96 valence electrons. The molecule has 1 aromatic heterocycles. The van der Waals surface area contributed by atoms with Crippen LogP contribution in [-0.2, 0) is 0 Å². The van der Waals surface area contributed by atoms with E-state index in [1.54, 1.807) is 15.9 Å². The fourth-order valence-electron chi connectivity index (χ4n) is 2.74. The van der Waals surface area contributed by atoms with Gasteiger partial charge < -0.3 is 0 Å². The van der Waals surface area contributed by atoms with Crippen molar-refractivity contribution in [1.82, 2.24) is 3.59 Å². The van der Waals surface area contributed by atoms with Crippen LogP contribution in [0.15, 0.2) is 65.6 Å². The smallest absolute Gasteiger partial charge is 0.190 e. The Morgan fingerprint density at radius 3 is 2.40 bits per heavy atom. The minimum Gasteiger partial charge on any atom is -0.289 e. The van der Waals surface area contributed by atoms with Gasteiger partial charge in [0.25, 0.3) is 0 Å². The number of benzene rings is 3. The maximum absolute atomic E-state index is 12.2. The van der Waals surface area contributed by atoms with E-state index in [4.69, 9.17) is 0 Å². The molecule has 20 heavy (non-hydrogen) atoms. The summed E-state index contributed by atoms with van der Waals surface area (Å²) in [6, 6.07) is 18.1. The summed E-state index contributed by atoms with van der Waals surface area (Å²) in [6.45, 7) is 0. The second kappa shape index (κ2) is 4.18. The maximum Gasteiger partial charge on any atom is 0.190 e. The number of hydrogen-bond donors (Lipinski definition) is 0. The van der Waals surface area contributed by atoms with E-state index in [1.807, 2.05) is 18.2 Å². The van der Waals surface area contributed by atoms with Crippen LogP contribution in [0.5, 0.6) is 0 Å². The van der Waals surface area contributed by atoms with Crippen LogP contribution in [-0.4, -0.2) is 3.59 Å². The minimum absolute atomic E-state index is 0.0524. The SMILES string of the molecule is O=c1ccn(Br)c2ccc3cc4ccccc4cc3c12. The molecule has 0 fully saturated rings. The first-order chi connectivity index (χ1) is 9.74. The number of rotatable bonds is 0. The molecular weight excluding hydrogens is 314 g/mol. The standard InChI is InChI=1S/C17H10BrNO/c18-19-8-7-16(20)17-14-10-12-4-2-1-3-11(12)9-13(14)5-6-15(17)19/h1-10H. The molecule has 4 rings (SSSR count). The van der Waals surface area contributed by atoms with Crippen LogP contribution in [0, 0.1) is 0 Å². The Kier molecular flexibility index (Phi) is 2.44. The molecule has 0 atom stereocenters. The van der Waals surface area contributed by atoms with Gasteiger partial charge in [-0.05, 0) is 39.7 Å². The van der Waals surface area contributed by atoms with Crippen LogP contribution in [0.2, 0.25) is 0 Å². The Balaban J connectivity index is 2.32. The number of nitrogens with zero attached hydrogens (tertiary/aromatic N) is 1. The van der Waals surface area contributed by atoms with Crippen LogP contribution in [0.1, 0.15) is 0 Å². The van der Waals surface area contributed by atoms with Crippen LogP contribution in [0.4, 0.5) is 0 Å². The van der Waals surface area contributed by atoms with E-state index in [9.17, 15) is 4.79 Å². The zero-order valence-electron chi connectivity index (χ0n) is 10.5. The quantitative estimate of drug-likeness (QED) is 0.346. The minimum atomic E-state index is 0.0524. The number of fused-ring (bicyclic) bond motifs is 4. The molecule has 0 aliphatic rings. The fraction of sp³-hybridized carbons (Fsp3) is 0. The van der Waals surface area contributed by atoms with Gasteiger partial charge in [-0.1, -0.05) is 30.3 Å². The molecule has 3 heteroatoms. The Hall–Kier alpha value is -2.13. The molecular formula is C17H10BrNO. The van der Waals surface area contributed by atoms with E-state index >= 15 is 0 Å². The van der Waals surface area contributed by atoms with Crippen molar-refractivity contribution in [1.29, 1.82) is 0 Å². The van der Waals surface area contributed by atoms with Crippen molar-refractivity contribution in [3.8, 4) is 0 Å². The topological polar surface area (TPSA) is 22.0 Å². The van der Waals surface area contributed by atoms with Gasteiger partial charge in [-0.2, -0.15) is 0 Å². The second-order valence-corrected chi connectivity index (χ2v) is 5.64. The molecule has 2 nitrogen and oxygen atoms in total. The van der Waals surface area contributed by atoms with E-state index < -0.39 is 0 Å². The third-order valence-corrected chi connectivity index (χ3v) is 4.32. The van der Waals surface area contributed by atoms with E-state index in [2.05, 4.69) is 46.5 Å². The Labute approximate surface area is 123 Å². The molecule has 4 aromatic rings. The summed E-state index contributed by atoms with van der Waals surface area (Å²) in [5, 5.41) is 5.19. The molecule has 0 saturated carbocycles. The molecule has 0 amide bonds. The highest BCUT2D eigenvalue weighted by Crippen LogP contribution is 2.28. The monoisotopic (exact) mass is 323 g/mol. The molecule has 0 aliphatic carbocycles. The normalized spacial score (nSPS) is 11.4. The summed E-state index contributed by atoms with van der Waals surface area (Å²) in [6.07, 6.45) is 1.73. The highest BCUT2D eigenvalue weighted by atomic mass is 79.9. The lowest BCUT2D eigenvalue weighted by atomic mass is 10.0. The van der Waals surface area contributed by atoms with Gasteiger partial charge in [0.2, 0.25) is 0 Å². The van der Waals surface area contributed by atoms with Gasteiger partial charge in [-0.3, -0.25) is 8.39 Å². The zero-order chi connectivity index (χ0) is 13.7. The summed E-state index contributed by atoms with van der Waals surface area (Å²) >= 11 is 3.44. The summed E-state index contributed by atoms with van der Waals surface area (Å²) in [4.78, 5) is 12.2. The van der Waals surface area contributed by atoms with Crippen LogP contribution >= 0.6 is 16.1 Å². The Morgan fingerprint density at radius 1 is 0.850 bits per heavy atom. The number of hydrogen-bond acceptors (Lipinski definition) is 1. The molecule has 3 aromatic carbocycles. The summed E-state index contributed by atoms with van der Waals surface area (Å²) in [5.74, 6) is 0. The maximum atomic E-state index is 12.2. The van der Waals surface area contributed by atoms with E-state index in [-0.39, 0.29) is 5.43 Å². The van der Waals surface area contributed by atoms with Crippen molar-refractivity contribution >= 4 is 48.6 Å². The van der Waals surface area contributed by atoms with E-state index in [1.165, 1.54) is 5.39 Å². The lowest BCUT2D eigenvalue weighted by molar-refractivity contribution is 1.33. The molecule has 1 heterocycles. The lowest BCUT2D eigenvalue weighted by Crippen LogP contribution is -2.03. The van der Waals surface area contributed by atoms with Crippen molar-refractivity contribution in [3.05, 3.63) is 71.0 Å². The van der Waals surface area contributed by atoms with Gasteiger partial charge in [0.1, 0.15) is 0 Å². The van der Waals surface area contributed by atoms with Crippen molar-refractivity contribution in [3.63, 3.8) is 0 Å². The first-order valence-electron chi connectivity index (χ1n) is 6.37. The first-order valence-corrected chi connectivity index (χ1v) is 7.08. The fourth-order valence-corrected chi connectivity index (χ4v) is 3.15. The largest absolute Gasteiger partial charge is 0.289 e. The number of halogens is 1. The number of aromatic nitrogens is 1. The highest BCUT2D eigenvalue weighted by Gasteiger charge is 2.07. The van der Waals surface area contributed by atoms with Crippen molar-refractivity contribution in [2.75, 3.05) is 0 Å². The predicted molar refractivity (Wildman–Crippen MR) is 87.5 cm³/mol. The third-order valence-electron chi connectivity index (χ3n) is 3.70. The molecule has 0 saturated heterocycles.